The molecule has 3 heterocycles. The van der Waals surface area contributed by atoms with Gasteiger partial charge in [0.1, 0.15) is 0 Å². The van der Waals surface area contributed by atoms with Gasteiger partial charge >= 0.3 is 6.03 Å². The minimum absolute atomic E-state index is 0.254. The van der Waals surface area contributed by atoms with Gasteiger partial charge in [-0.15, -0.1) is 0 Å². The van der Waals surface area contributed by atoms with E-state index < -0.39 is 15.1 Å². The van der Waals surface area contributed by atoms with Crippen LogP contribution < -0.4 is 10.2 Å². The number of likely N-dealkylation sites (tertiary alicyclic amines) is 1. The average Bonchev–Trinajstić information content (AvgIpc) is 3.19. The number of pyridine rings is 1. The van der Waals surface area contributed by atoms with Crippen molar-refractivity contribution in [2.75, 3.05) is 42.7 Å². The van der Waals surface area contributed by atoms with Gasteiger partial charge in [0.2, 0.25) is 0 Å². The highest BCUT2D eigenvalue weighted by atomic mass is 32.2. The van der Waals surface area contributed by atoms with E-state index in [9.17, 15) is 13.2 Å². The predicted octanol–water partition coefficient (Wildman–Crippen LogP) is 1.33. The second-order valence-electron chi connectivity index (χ2n) is 6.19. The third kappa shape index (κ3) is 3.57. The summed E-state index contributed by atoms with van der Waals surface area (Å²) in [5.74, 6) is 0.789. The van der Waals surface area contributed by atoms with Crippen LogP contribution in [-0.4, -0.2) is 62.0 Å². The van der Waals surface area contributed by atoms with Gasteiger partial charge in [0.05, 0.1) is 10.9 Å². The lowest BCUT2D eigenvalue weighted by molar-refractivity contribution is 0.222. The summed E-state index contributed by atoms with van der Waals surface area (Å²) in [5, 5.41) is 2.43. The highest BCUT2D eigenvalue weighted by Crippen LogP contribution is 2.27. The molecular formula is C15H22N4O3S. The van der Waals surface area contributed by atoms with Gasteiger partial charge < -0.3 is 15.1 Å². The molecule has 0 radical (unpaired) electrons. The quantitative estimate of drug-likeness (QED) is 0.899. The molecule has 0 spiro atoms. The van der Waals surface area contributed by atoms with Gasteiger partial charge in [-0.25, -0.2) is 18.2 Å². The molecule has 0 bridgehead atoms. The van der Waals surface area contributed by atoms with E-state index in [0.29, 0.717) is 18.7 Å². The first-order valence-corrected chi connectivity index (χ1v) is 9.85. The summed E-state index contributed by atoms with van der Waals surface area (Å²) >= 11 is 0. The van der Waals surface area contributed by atoms with Crippen LogP contribution in [0.3, 0.4) is 0 Å². The number of anilines is 2. The second kappa shape index (κ2) is 6.35. The molecule has 1 N–H and O–H groups in total. The Balaban J connectivity index is 1.69. The molecule has 2 aliphatic heterocycles. The van der Waals surface area contributed by atoms with E-state index in [1.165, 1.54) is 6.26 Å². The van der Waals surface area contributed by atoms with Crippen molar-refractivity contribution in [2.45, 2.75) is 24.5 Å². The first kappa shape index (κ1) is 16.0. The zero-order valence-electron chi connectivity index (χ0n) is 13.2. The van der Waals surface area contributed by atoms with E-state index in [0.717, 1.165) is 31.7 Å². The first-order chi connectivity index (χ1) is 10.9. The standard InChI is InChI=1S/C15H22N4O3S/c1-23(21,22)12-6-10-19(11-12)15(20)17-13-5-4-7-16-14(13)18-8-2-3-9-18/h4-5,7,12H,2-3,6,8-11H2,1H3,(H,17,20). The Morgan fingerprint density at radius 2 is 2.04 bits per heavy atom. The number of carbonyl (C=O) groups excluding carboxylic acids is 1. The van der Waals surface area contributed by atoms with Crippen LogP contribution in [0.15, 0.2) is 18.3 Å². The largest absolute Gasteiger partial charge is 0.355 e. The summed E-state index contributed by atoms with van der Waals surface area (Å²) < 4.78 is 23.2. The molecule has 1 unspecified atom stereocenters. The molecule has 126 valence electrons. The van der Waals surface area contributed by atoms with E-state index in [1.54, 1.807) is 17.2 Å². The van der Waals surface area contributed by atoms with Crippen LogP contribution in [0.25, 0.3) is 0 Å². The molecule has 23 heavy (non-hydrogen) atoms. The molecule has 1 aromatic heterocycles. The number of sulfone groups is 1. The number of carbonyl (C=O) groups is 1. The highest BCUT2D eigenvalue weighted by molar-refractivity contribution is 7.91. The Morgan fingerprint density at radius 3 is 2.70 bits per heavy atom. The van der Waals surface area contributed by atoms with Crippen molar-refractivity contribution in [3.63, 3.8) is 0 Å². The maximum Gasteiger partial charge on any atom is 0.321 e. The van der Waals surface area contributed by atoms with Gasteiger partial charge in [-0.1, -0.05) is 0 Å². The molecule has 8 heteroatoms. The topological polar surface area (TPSA) is 82.6 Å². The molecule has 0 saturated carbocycles. The van der Waals surface area contributed by atoms with Crippen molar-refractivity contribution < 1.29 is 13.2 Å². The SMILES string of the molecule is CS(=O)(=O)C1CCN(C(=O)Nc2cccnc2N2CCCC2)C1. The van der Waals surface area contributed by atoms with E-state index in [2.05, 4.69) is 15.2 Å². The predicted molar refractivity (Wildman–Crippen MR) is 89.5 cm³/mol. The fourth-order valence-corrected chi connectivity index (χ4v) is 4.12. The molecule has 1 aromatic rings. The zero-order valence-corrected chi connectivity index (χ0v) is 14.1. The Morgan fingerprint density at radius 1 is 1.30 bits per heavy atom. The van der Waals surface area contributed by atoms with Gasteiger partial charge in [0, 0.05) is 38.6 Å². The lowest BCUT2D eigenvalue weighted by Gasteiger charge is -2.22. The normalized spacial score (nSPS) is 21.7. The third-order valence-corrected chi connectivity index (χ3v) is 6.07. The molecule has 2 amide bonds. The van der Waals surface area contributed by atoms with E-state index in [1.807, 2.05) is 6.07 Å². The van der Waals surface area contributed by atoms with Crippen LogP contribution in [0.5, 0.6) is 0 Å². The third-order valence-electron chi connectivity index (χ3n) is 4.47. The monoisotopic (exact) mass is 338 g/mol. The summed E-state index contributed by atoms with van der Waals surface area (Å²) in [6, 6.07) is 3.37. The molecule has 3 rings (SSSR count). The molecule has 2 aliphatic rings. The maximum atomic E-state index is 12.4. The van der Waals surface area contributed by atoms with Crippen LogP contribution >= 0.6 is 0 Å². The summed E-state index contributed by atoms with van der Waals surface area (Å²) in [6.45, 7) is 2.60. The van der Waals surface area contributed by atoms with Gasteiger partial charge in [-0.3, -0.25) is 0 Å². The van der Waals surface area contributed by atoms with Crippen molar-refractivity contribution >= 4 is 27.4 Å². The van der Waals surface area contributed by atoms with Crippen molar-refractivity contribution in [2.24, 2.45) is 0 Å². The van der Waals surface area contributed by atoms with Gasteiger partial charge in [0.15, 0.2) is 15.7 Å². The Hall–Kier alpha value is -1.83. The van der Waals surface area contributed by atoms with Crippen molar-refractivity contribution in [1.29, 1.82) is 0 Å². The number of nitrogens with zero attached hydrogens (tertiary/aromatic N) is 3. The minimum Gasteiger partial charge on any atom is -0.355 e. The molecular weight excluding hydrogens is 316 g/mol. The number of urea groups is 1. The van der Waals surface area contributed by atoms with Crippen molar-refractivity contribution in [3.05, 3.63) is 18.3 Å². The van der Waals surface area contributed by atoms with Crippen LogP contribution in [-0.2, 0) is 9.84 Å². The van der Waals surface area contributed by atoms with Crippen molar-refractivity contribution in [3.8, 4) is 0 Å². The lowest BCUT2D eigenvalue weighted by Crippen LogP contribution is -2.35. The molecule has 0 aliphatic carbocycles. The minimum atomic E-state index is -3.11. The molecule has 2 saturated heterocycles. The second-order valence-corrected chi connectivity index (χ2v) is 8.51. The van der Waals surface area contributed by atoms with E-state index in [4.69, 9.17) is 0 Å². The lowest BCUT2D eigenvalue weighted by atomic mass is 10.3. The van der Waals surface area contributed by atoms with Gasteiger partial charge in [0.25, 0.3) is 0 Å². The highest BCUT2D eigenvalue weighted by Gasteiger charge is 2.33. The molecule has 1 atom stereocenters. The van der Waals surface area contributed by atoms with E-state index >= 15 is 0 Å². The Kier molecular flexibility index (Phi) is 4.43. The summed E-state index contributed by atoms with van der Waals surface area (Å²) in [6.07, 6.45) is 5.71. The molecule has 2 fully saturated rings. The Labute approximate surface area is 136 Å². The maximum absolute atomic E-state index is 12.4. The van der Waals surface area contributed by atoms with Gasteiger partial charge in [-0.05, 0) is 31.4 Å². The average molecular weight is 338 g/mol. The van der Waals surface area contributed by atoms with Crippen LogP contribution in [0.1, 0.15) is 19.3 Å². The Bertz CT molecular complexity index is 686. The van der Waals surface area contributed by atoms with Crippen LogP contribution in [0.2, 0.25) is 0 Å². The van der Waals surface area contributed by atoms with Gasteiger partial charge in [-0.2, -0.15) is 0 Å². The molecule has 0 aromatic carbocycles. The fourth-order valence-electron chi connectivity index (χ4n) is 3.13. The number of nitrogens with one attached hydrogen (secondary N) is 1. The number of hydrogen-bond donors (Lipinski definition) is 1. The first-order valence-electron chi connectivity index (χ1n) is 7.90. The van der Waals surface area contributed by atoms with E-state index in [-0.39, 0.29) is 12.6 Å². The summed E-state index contributed by atoms with van der Waals surface area (Å²) in [5.41, 5.74) is 0.683. The van der Waals surface area contributed by atoms with Crippen LogP contribution in [0, 0.1) is 0 Å². The number of rotatable bonds is 3. The number of hydrogen-bond acceptors (Lipinski definition) is 5. The smallest absolute Gasteiger partial charge is 0.321 e. The summed E-state index contributed by atoms with van der Waals surface area (Å²) in [7, 11) is -3.11. The zero-order chi connectivity index (χ0) is 16.4. The number of amides is 2. The van der Waals surface area contributed by atoms with Crippen LogP contribution in [0.4, 0.5) is 16.3 Å². The number of aromatic nitrogens is 1. The van der Waals surface area contributed by atoms with Crippen molar-refractivity contribution in [1.82, 2.24) is 9.88 Å². The molecule has 7 nitrogen and oxygen atoms in total. The fraction of sp³-hybridized carbons (Fsp3) is 0.600. The summed E-state index contributed by atoms with van der Waals surface area (Å²) in [4.78, 5) is 20.5.